The van der Waals surface area contributed by atoms with E-state index >= 15 is 0 Å². The van der Waals surface area contributed by atoms with Crippen LogP contribution in [0.2, 0.25) is 0 Å². The molecule has 0 aliphatic rings. The molecule has 0 aliphatic heterocycles. The Kier molecular flexibility index (Phi) is 8.16. The summed E-state index contributed by atoms with van der Waals surface area (Å²) in [4.78, 5) is 32.3. The van der Waals surface area contributed by atoms with Gasteiger partial charge in [0.2, 0.25) is 11.8 Å². The standard InChI is InChI=1S/C9H16N2O5S/c10-7(13)5-17-4-2-8(14)11-6(1-3-12)9(15)16/h6,12H,1-5H2,(H2,10,13)(H,11,14)(H,15,16)/t6-/m0/s1. The third-order valence-corrected chi connectivity index (χ3v) is 2.75. The number of thioether (sulfide) groups is 1. The van der Waals surface area contributed by atoms with Gasteiger partial charge in [-0.3, -0.25) is 9.59 Å². The van der Waals surface area contributed by atoms with E-state index in [1.807, 2.05) is 0 Å². The Morgan fingerprint density at radius 2 is 2.00 bits per heavy atom. The molecule has 0 radical (unpaired) electrons. The fourth-order valence-electron chi connectivity index (χ4n) is 0.991. The van der Waals surface area contributed by atoms with Crippen LogP contribution in [0.4, 0.5) is 0 Å². The lowest BCUT2D eigenvalue weighted by molar-refractivity contribution is -0.142. The molecule has 0 rings (SSSR count). The molecule has 0 aliphatic carbocycles. The van der Waals surface area contributed by atoms with Gasteiger partial charge in [0, 0.05) is 25.2 Å². The molecule has 0 saturated carbocycles. The Morgan fingerprint density at radius 3 is 2.47 bits per heavy atom. The third kappa shape index (κ3) is 8.52. The molecule has 98 valence electrons. The maximum atomic E-state index is 11.3. The van der Waals surface area contributed by atoms with E-state index in [1.54, 1.807) is 0 Å². The van der Waals surface area contributed by atoms with Crippen LogP contribution >= 0.6 is 11.8 Å². The molecule has 0 bridgehead atoms. The van der Waals surface area contributed by atoms with Gasteiger partial charge in [-0.15, -0.1) is 0 Å². The van der Waals surface area contributed by atoms with Crippen molar-refractivity contribution < 1.29 is 24.6 Å². The van der Waals surface area contributed by atoms with Crippen LogP contribution in [0.3, 0.4) is 0 Å². The molecule has 5 N–H and O–H groups in total. The quantitative estimate of drug-likeness (QED) is 0.377. The van der Waals surface area contributed by atoms with Crippen molar-refractivity contribution in [1.29, 1.82) is 0 Å². The number of hydrogen-bond acceptors (Lipinski definition) is 5. The van der Waals surface area contributed by atoms with Crippen LogP contribution in [0.25, 0.3) is 0 Å². The summed E-state index contributed by atoms with van der Waals surface area (Å²) in [5, 5.41) is 19.6. The molecular formula is C9H16N2O5S. The summed E-state index contributed by atoms with van der Waals surface area (Å²) in [6.07, 6.45) is 0.0721. The molecule has 17 heavy (non-hydrogen) atoms. The van der Waals surface area contributed by atoms with Crippen LogP contribution in [0.5, 0.6) is 0 Å². The first-order valence-corrected chi connectivity index (χ1v) is 6.12. The highest BCUT2D eigenvalue weighted by Gasteiger charge is 2.18. The zero-order chi connectivity index (χ0) is 13.3. The SMILES string of the molecule is NC(=O)CSCCC(=O)N[C@@H](CCO)C(=O)O. The number of rotatable bonds is 9. The lowest BCUT2D eigenvalue weighted by Gasteiger charge is -2.12. The molecule has 0 unspecified atom stereocenters. The molecule has 1 atom stereocenters. The number of nitrogens with one attached hydrogen (secondary N) is 1. The lowest BCUT2D eigenvalue weighted by Crippen LogP contribution is -2.41. The average molecular weight is 264 g/mol. The van der Waals surface area contributed by atoms with Crippen molar-refractivity contribution in [3.8, 4) is 0 Å². The molecule has 8 heteroatoms. The van der Waals surface area contributed by atoms with Crippen molar-refractivity contribution in [2.24, 2.45) is 5.73 Å². The van der Waals surface area contributed by atoms with Gasteiger partial charge in [0.15, 0.2) is 0 Å². The molecule has 0 spiro atoms. The van der Waals surface area contributed by atoms with Gasteiger partial charge in [0.25, 0.3) is 0 Å². The number of hydrogen-bond donors (Lipinski definition) is 4. The second-order valence-electron chi connectivity index (χ2n) is 3.24. The molecule has 0 fully saturated rings. The fraction of sp³-hybridized carbons (Fsp3) is 0.667. The van der Waals surface area contributed by atoms with E-state index in [2.05, 4.69) is 5.32 Å². The Labute approximate surface area is 103 Å². The van der Waals surface area contributed by atoms with Crippen molar-refractivity contribution in [2.45, 2.75) is 18.9 Å². The van der Waals surface area contributed by atoms with E-state index in [9.17, 15) is 14.4 Å². The highest BCUT2D eigenvalue weighted by molar-refractivity contribution is 7.99. The number of carbonyl (C=O) groups excluding carboxylic acids is 2. The predicted octanol–water partition coefficient (Wildman–Crippen LogP) is -1.45. The van der Waals surface area contributed by atoms with Gasteiger partial charge in [0.05, 0.1) is 5.75 Å². The molecule has 0 aromatic heterocycles. The molecule has 0 heterocycles. The van der Waals surface area contributed by atoms with Crippen LogP contribution in [0.1, 0.15) is 12.8 Å². The number of carbonyl (C=O) groups is 3. The van der Waals surface area contributed by atoms with Gasteiger partial charge in [-0.1, -0.05) is 0 Å². The van der Waals surface area contributed by atoms with Gasteiger partial charge >= 0.3 is 5.97 Å². The van der Waals surface area contributed by atoms with Gasteiger partial charge in [-0.2, -0.15) is 11.8 Å². The van der Waals surface area contributed by atoms with E-state index in [4.69, 9.17) is 15.9 Å². The van der Waals surface area contributed by atoms with Crippen LogP contribution in [0.15, 0.2) is 0 Å². The molecule has 2 amide bonds. The maximum Gasteiger partial charge on any atom is 0.326 e. The molecular weight excluding hydrogens is 248 g/mol. The maximum absolute atomic E-state index is 11.3. The highest BCUT2D eigenvalue weighted by Crippen LogP contribution is 2.02. The van der Waals surface area contributed by atoms with Crippen LogP contribution in [-0.2, 0) is 14.4 Å². The average Bonchev–Trinajstić information content (AvgIpc) is 2.23. The van der Waals surface area contributed by atoms with Crippen molar-refractivity contribution in [3.63, 3.8) is 0 Å². The van der Waals surface area contributed by atoms with Gasteiger partial charge in [-0.25, -0.2) is 4.79 Å². The van der Waals surface area contributed by atoms with Crippen molar-refractivity contribution in [2.75, 3.05) is 18.1 Å². The third-order valence-electron chi connectivity index (χ3n) is 1.77. The zero-order valence-electron chi connectivity index (χ0n) is 9.22. The first kappa shape index (κ1) is 15.7. The first-order valence-electron chi connectivity index (χ1n) is 4.96. The van der Waals surface area contributed by atoms with Crippen LogP contribution < -0.4 is 11.1 Å². The number of aliphatic hydroxyl groups excluding tert-OH is 1. The second-order valence-corrected chi connectivity index (χ2v) is 4.34. The van der Waals surface area contributed by atoms with Crippen molar-refractivity contribution in [1.82, 2.24) is 5.32 Å². The van der Waals surface area contributed by atoms with Crippen molar-refractivity contribution in [3.05, 3.63) is 0 Å². The summed E-state index contributed by atoms with van der Waals surface area (Å²) >= 11 is 1.21. The van der Waals surface area contributed by atoms with E-state index in [0.29, 0.717) is 5.75 Å². The van der Waals surface area contributed by atoms with Crippen molar-refractivity contribution >= 4 is 29.5 Å². The van der Waals surface area contributed by atoms with E-state index in [1.165, 1.54) is 11.8 Å². The highest BCUT2D eigenvalue weighted by atomic mass is 32.2. The van der Waals surface area contributed by atoms with Gasteiger partial charge < -0.3 is 21.3 Å². The monoisotopic (exact) mass is 264 g/mol. The van der Waals surface area contributed by atoms with E-state index < -0.39 is 23.8 Å². The molecule has 0 aromatic carbocycles. The normalized spacial score (nSPS) is 11.8. The summed E-state index contributed by atoms with van der Waals surface area (Å²) in [6.45, 7) is -0.312. The Balaban J connectivity index is 3.82. The number of carboxylic acids is 1. The minimum Gasteiger partial charge on any atom is -0.480 e. The zero-order valence-corrected chi connectivity index (χ0v) is 10.0. The summed E-state index contributed by atoms with van der Waals surface area (Å²) in [6, 6.07) is -1.08. The summed E-state index contributed by atoms with van der Waals surface area (Å²) in [7, 11) is 0. The Hall–Kier alpha value is -1.28. The van der Waals surface area contributed by atoms with Gasteiger partial charge in [0.1, 0.15) is 6.04 Å². The van der Waals surface area contributed by atoms with Crippen LogP contribution in [-0.4, -0.2) is 52.2 Å². The Morgan fingerprint density at radius 1 is 1.35 bits per heavy atom. The van der Waals surface area contributed by atoms with E-state index in [-0.39, 0.29) is 25.2 Å². The number of amides is 2. The number of nitrogens with two attached hydrogens (primary N) is 1. The molecule has 7 nitrogen and oxygen atoms in total. The van der Waals surface area contributed by atoms with E-state index in [0.717, 1.165) is 0 Å². The number of aliphatic hydroxyl groups is 1. The topological polar surface area (TPSA) is 130 Å². The first-order chi connectivity index (χ1) is 7.97. The minimum atomic E-state index is -1.18. The second kappa shape index (κ2) is 8.82. The Bertz CT molecular complexity index is 285. The molecule has 0 saturated heterocycles. The van der Waals surface area contributed by atoms with Gasteiger partial charge in [-0.05, 0) is 0 Å². The minimum absolute atomic E-state index is 0.0322. The predicted molar refractivity (Wildman–Crippen MR) is 62.4 cm³/mol. The number of carboxylic acid groups (broad SMARTS) is 1. The largest absolute Gasteiger partial charge is 0.480 e. The smallest absolute Gasteiger partial charge is 0.326 e. The summed E-state index contributed by atoms with van der Waals surface area (Å²) in [5.74, 6) is -1.55. The summed E-state index contributed by atoms with van der Waals surface area (Å²) < 4.78 is 0. The molecule has 0 aromatic rings. The number of primary amides is 1. The lowest BCUT2D eigenvalue weighted by atomic mass is 10.2. The number of aliphatic carboxylic acids is 1. The fourth-order valence-corrected chi connectivity index (χ4v) is 1.67. The summed E-state index contributed by atoms with van der Waals surface area (Å²) in [5.41, 5.74) is 4.90. The van der Waals surface area contributed by atoms with Crippen LogP contribution in [0, 0.1) is 0 Å².